The number of nitrogens with two attached hydrogens (primary N) is 1. The van der Waals surface area contributed by atoms with E-state index >= 15 is 0 Å². The molecule has 0 fully saturated rings. The molecule has 0 spiro atoms. The van der Waals surface area contributed by atoms with E-state index in [-0.39, 0.29) is 0 Å². The first-order chi connectivity index (χ1) is 10.3. The molecule has 4 aromatic rings. The summed E-state index contributed by atoms with van der Waals surface area (Å²) in [6.45, 7) is 0. The number of anilines is 1. The molecule has 0 atom stereocenters. The second kappa shape index (κ2) is 4.49. The number of hydrogen-bond acceptors (Lipinski definition) is 4. The monoisotopic (exact) mass is 276 g/mol. The average Bonchev–Trinajstić information content (AvgIpc) is 3.14. The van der Waals surface area contributed by atoms with Crippen LogP contribution in [0.5, 0.6) is 0 Å². The van der Waals surface area contributed by atoms with Crippen molar-refractivity contribution in [2.24, 2.45) is 0 Å². The summed E-state index contributed by atoms with van der Waals surface area (Å²) >= 11 is 0. The molecule has 0 radical (unpaired) electrons. The smallest absolute Gasteiger partial charge is 0.323 e. The van der Waals surface area contributed by atoms with E-state index in [9.17, 15) is 0 Å². The van der Waals surface area contributed by atoms with E-state index in [0.717, 1.165) is 16.6 Å². The summed E-state index contributed by atoms with van der Waals surface area (Å²) in [6, 6.07) is 15.9. The number of aromatic nitrogens is 3. The summed E-state index contributed by atoms with van der Waals surface area (Å²) in [7, 11) is 0. The lowest BCUT2D eigenvalue weighted by molar-refractivity contribution is 0.543. The Morgan fingerprint density at radius 3 is 2.71 bits per heavy atom. The van der Waals surface area contributed by atoms with Gasteiger partial charge in [0.25, 0.3) is 0 Å². The third kappa shape index (κ3) is 2.04. The van der Waals surface area contributed by atoms with E-state index in [2.05, 4.69) is 10.1 Å². The summed E-state index contributed by atoms with van der Waals surface area (Å²) in [5, 5.41) is 4.31. The molecule has 0 aliphatic rings. The van der Waals surface area contributed by atoms with Gasteiger partial charge in [-0.3, -0.25) is 0 Å². The minimum atomic E-state index is 0.429. The molecule has 2 N–H and O–H groups in total. The number of hydrogen-bond donors (Lipinski definition) is 1. The lowest BCUT2D eigenvalue weighted by Crippen LogP contribution is -1.93. The summed E-state index contributed by atoms with van der Waals surface area (Å²) < 4.78 is 7.32. The molecular formula is C16H12N4O. The molecule has 0 saturated heterocycles. The highest BCUT2D eigenvalue weighted by Gasteiger charge is 2.10. The second-order valence-electron chi connectivity index (χ2n) is 4.76. The molecule has 2 aromatic carbocycles. The third-order valence-electron chi connectivity index (χ3n) is 3.29. The molecule has 4 rings (SSSR count). The first kappa shape index (κ1) is 11.7. The van der Waals surface area contributed by atoms with Crippen LogP contribution in [0.1, 0.15) is 0 Å². The Morgan fingerprint density at radius 1 is 1.00 bits per heavy atom. The molecule has 0 amide bonds. The first-order valence-electron chi connectivity index (χ1n) is 6.56. The molecular weight excluding hydrogens is 264 g/mol. The van der Waals surface area contributed by atoms with E-state index in [1.807, 2.05) is 42.6 Å². The molecule has 0 bridgehead atoms. The Bertz CT molecular complexity index is 908. The Hall–Kier alpha value is -3.08. The Kier molecular flexibility index (Phi) is 2.50. The van der Waals surface area contributed by atoms with Crippen molar-refractivity contribution in [3.63, 3.8) is 0 Å². The summed E-state index contributed by atoms with van der Waals surface area (Å²) in [5.74, 6) is 0. The zero-order valence-corrected chi connectivity index (χ0v) is 11.1. The maximum atomic E-state index is 5.75. The quantitative estimate of drug-likeness (QED) is 0.570. The van der Waals surface area contributed by atoms with Crippen LogP contribution < -0.4 is 5.73 Å². The van der Waals surface area contributed by atoms with Gasteiger partial charge < -0.3 is 10.2 Å². The zero-order chi connectivity index (χ0) is 14.2. The van der Waals surface area contributed by atoms with E-state index in [1.165, 1.54) is 0 Å². The van der Waals surface area contributed by atoms with E-state index in [1.54, 1.807) is 23.0 Å². The van der Waals surface area contributed by atoms with Crippen molar-refractivity contribution in [3.8, 4) is 17.1 Å². The molecule has 0 saturated carbocycles. The van der Waals surface area contributed by atoms with Crippen molar-refractivity contribution in [2.45, 2.75) is 0 Å². The number of nitrogens with zero attached hydrogens (tertiary/aromatic N) is 3. The van der Waals surface area contributed by atoms with Crippen molar-refractivity contribution in [1.29, 1.82) is 0 Å². The van der Waals surface area contributed by atoms with Crippen LogP contribution in [0.15, 0.2) is 65.3 Å². The molecule has 5 nitrogen and oxygen atoms in total. The van der Waals surface area contributed by atoms with Gasteiger partial charge in [0.05, 0.1) is 6.20 Å². The number of fused-ring (bicyclic) bond motifs is 1. The summed E-state index contributed by atoms with van der Waals surface area (Å²) in [4.78, 5) is 4.40. The van der Waals surface area contributed by atoms with Gasteiger partial charge in [0.1, 0.15) is 5.52 Å². The van der Waals surface area contributed by atoms with Crippen LogP contribution in [-0.4, -0.2) is 14.8 Å². The van der Waals surface area contributed by atoms with Crippen LogP contribution in [0.2, 0.25) is 0 Å². The van der Waals surface area contributed by atoms with Gasteiger partial charge in [0, 0.05) is 17.4 Å². The van der Waals surface area contributed by atoms with E-state index in [0.29, 0.717) is 17.3 Å². The van der Waals surface area contributed by atoms with Crippen LogP contribution in [0.4, 0.5) is 5.69 Å². The molecule has 0 unspecified atom stereocenters. The first-order valence-corrected chi connectivity index (χ1v) is 6.56. The summed E-state index contributed by atoms with van der Waals surface area (Å²) in [6.07, 6.45) is 3.68. The summed E-state index contributed by atoms with van der Waals surface area (Å²) in [5.41, 5.74) is 9.93. The second-order valence-corrected chi connectivity index (χ2v) is 4.76. The van der Waals surface area contributed by atoms with Gasteiger partial charge in [-0.25, -0.2) is 0 Å². The minimum Gasteiger partial charge on any atom is -0.422 e. The Morgan fingerprint density at radius 2 is 1.86 bits per heavy atom. The molecule has 2 aromatic heterocycles. The van der Waals surface area contributed by atoms with Gasteiger partial charge in [-0.1, -0.05) is 30.3 Å². The van der Waals surface area contributed by atoms with Gasteiger partial charge in [0.15, 0.2) is 5.58 Å². The topological polar surface area (TPSA) is 69.9 Å². The highest BCUT2D eigenvalue weighted by atomic mass is 16.4. The fourth-order valence-corrected chi connectivity index (χ4v) is 2.24. The predicted molar refractivity (Wildman–Crippen MR) is 81.0 cm³/mol. The maximum absolute atomic E-state index is 5.75. The normalized spacial score (nSPS) is 11.0. The van der Waals surface area contributed by atoms with Crippen LogP contribution in [0.25, 0.3) is 28.2 Å². The van der Waals surface area contributed by atoms with Crippen molar-refractivity contribution in [2.75, 3.05) is 5.73 Å². The molecule has 0 aliphatic heterocycles. The fraction of sp³-hybridized carbons (Fsp3) is 0. The molecule has 5 heteroatoms. The third-order valence-corrected chi connectivity index (χ3v) is 3.29. The van der Waals surface area contributed by atoms with Crippen molar-refractivity contribution >= 4 is 16.8 Å². The van der Waals surface area contributed by atoms with E-state index < -0.39 is 0 Å². The number of benzene rings is 2. The average molecular weight is 276 g/mol. The Labute approximate surface area is 120 Å². The van der Waals surface area contributed by atoms with Crippen LogP contribution in [0.3, 0.4) is 0 Å². The van der Waals surface area contributed by atoms with Crippen molar-refractivity contribution in [1.82, 2.24) is 14.8 Å². The molecule has 2 heterocycles. The van der Waals surface area contributed by atoms with Gasteiger partial charge in [0.2, 0.25) is 0 Å². The number of oxazole rings is 1. The van der Waals surface area contributed by atoms with Gasteiger partial charge in [-0.05, 0) is 23.8 Å². The zero-order valence-electron chi connectivity index (χ0n) is 11.1. The molecule has 102 valence electrons. The molecule has 21 heavy (non-hydrogen) atoms. The van der Waals surface area contributed by atoms with Crippen molar-refractivity contribution in [3.05, 3.63) is 60.9 Å². The fourth-order valence-electron chi connectivity index (χ4n) is 2.24. The Balaban J connectivity index is 1.77. The number of rotatable bonds is 2. The van der Waals surface area contributed by atoms with Gasteiger partial charge >= 0.3 is 6.01 Å². The van der Waals surface area contributed by atoms with Crippen LogP contribution in [-0.2, 0) is 0 Å². The standard InChI is InChI=1S/C16H12N4O/c17-13-6-7-15-14(8-13)19-16(21-15)20-10-12(9-18-20)11-4-2-1-3-5-11/h1-10H,17H2. The molecule has 0 aliphatic carbocycles. The van der Waals surface area contributed by atoms with Crippen molar-refractivity contribution < 1.29 is 4.42 Å². The highest BCUT2D eigenvalue weighted by molar-refractivity contribution is 5.77. The maximum Gasteiger partial charge on any atom is 0.323 e. The highest BCUT2D eigenvalue weighted by Crippen LogP contribution is 2.23. The largest absolute Gasteiger partial charge is 0.422 e. The van der Waals surface area contributed by atoms with Crippen LogP contribution in [0, 0.1) is 0 Å². The number of nitrogen functional groups attached to an aromatic ring is 1. The predicted octanol–water partition coefficient (Wildman–Crippen LogP) is 3.26. The van der Waals surface area contributed by atoms with Gasteiger partial charge in [-0.2, -0.15) is 14.8 Å². The minimum absolute atomic E-state index is 0.429. The van der Waals surface area contributed by atoms with Crippen LogP contribution >= 0.6 is 0 Å². The van der Waals surface area contributed by atoms with E-state index in [4.69, 9.17) is 10.2 Å². The SMILES string of the molecule is Nc1ccc2oc(-n3cc(-c4ccccc4)cn3)nc2c1. The lowest BCUT2D eigenvalue weighted by Gasteiger charge is -1.94. The van der Waals surface area contributed by atoms with Gasteiger partial charge in [-0.15, -0.1) is 0 Å². The lowest BCUT2D eigenvalue weighted by atomic mass is 10.1.